The number of nitrogens with zero attached hydrogens (tertiary/aromatic N) is 5. The third-order valence-corrected chi connectivity index (χ3v) is 11.0. The molecule has 0 radical (unpaired) electrons. The predicted molar refractivity (Wildman–Crippen MR) is 179 cm³/mol. The van der Waals surface area contributed by atoms with E-state index < -0.39 is 0 Å². The van der Waals surface area contributed by atoms with Crippen molar-refractivity contribution in [2.24, 2.45) is 11.7 Å². The summed E-state index contributed by atoms with van der Waals surface area (Å²) in [5, 5.41) is 8.34. The van der Waals surface area contributed by atoms with Gasteiger partial charge in [0.15, 0.2) is 0 Å². The van der Waals surface area contributed by atoms with E-state index in [0.717, 1.165) is 79.2 Å². The Morgan fingerprint density at radius 2 is 1.80 bits per heavy atom. The first-order chi connectivity index (χ1) is 21.9. The first kappa shape index (κ1) is 28.5. The van der Waals surface area contributed by atoms with Gasteiger partial charge < -0.3 is 20.1 Å². The maximum absolute atomic E-state index is 13.4. The molecule has 4 aromatic heterocycles. The minimum atomic E-state index is 0.0253. The third-order valence-electron chi connectivity index (χ3n) is 10.2. The van der Waals surface area contributed by atoms with E-state index >= 15 is 0 Å². The van der Waals surface area contributed by atoms with E-state index in [4.69, 9.17) is 10.8 Å². The van der Waals surface area contributed by atoms with Gasteiger partial charge in [0.2, 0.25) is 0 Å². The van der Waals surface area contributed by atoms with Crippen molar-refractivity contribution in [3.63, 3.8) is 0 Å². The number of fused-ring (bicyclic) bond motifs is 2. The number of rotatable bonds is 6. The van der Waals surface area contributed by atoms with E-state index in [2.05, 4.69) is 35.8 Å². The number of aromatic nitrogens is 3. The largest absolute Gasteiger partial charge is 0.339 e. The van der Waals surface area contributed by atoms with Gasteiger partial charge in [0.05, 0.1) is 27.2 Å². The van der Waals surface area contributed by atoms with E-state index in [1.165, 1.54) is 40.6 Å². The van der Waals surface area contributed by atoms with Crippen molar-refractivity contribution in [3.05, 3.63) is 81.7 Å². The number of nitrogens with two attached hydrogens (primary N) is 1. The van der Waals surface area contributed by atoms with Crippen LogP contribution in [0, 0.1) is 12.8 Å². The van der Waals surface area contributed by atoms with Crippen molar-refractivity contribution in [3.8, 4) is 11.4 Å². The normalized spacial score (nSPS) is 19.6. The number of para-hydroxylation sites is 1. The van der Waals surface area contributed by atoms with E-state index in [9.17, 15) is 9.59 Å². The van der Waals surface area contributed by atoms with Crippen molar-refractivity contribution in [1.82, 2.24) is 24.0 Å². The number of amides is 2. The van der Waals surface area contributed by atoms with Gasteiger partial charge in [-0.25, -0.2) is 4.52 Å². The molecule has 6 heterocycles. The summed E-state index contributed by atoms with van der Waals surface area (Å²) < 4.78 is 4.42. The molecule has 1 aliphatic carbocycles. The van der Waals surface area contributed by atoms with Crippen LogP contribution in [0.25, 0.3) is 27.8 Å². The maximum Gasteiger partial charge on any atom is 0.263 e. The van der Waals surface area contributed by atoms with E-state index in [-0.39, 0.29) is 17.9 Å². The van der Waals surface area contributed by atoms with E-state index in [1.54, 1.807) is 0 Å². The molecule has 0 bridgehead atoms. The van der Waals surface area contributed by atoms with Crippen molar-refractivity contribution >= 4 is 39.6 Å². The van der Waals surface area contributed by atoms with Gasteiger partial charge in [-0.1, -0.05) is 24.3 Å². The highest BCUT2D eigenvalue weighted by Gasteiger charge is 2.30. The highest BCUT2D eigenvalue weighted by atomic mass is 32.1. The van der Waals surface area contributed by atoms with Gasteiger partial charge in [-0.15, -0.1) is 11.3 Å². The molecule has 8 rings (SSSR count). The summed E-state index contributed by atoms with van der Waals surface area (Å²) in [4.78, 5) is 31.1. The fraction of sp³-hybridized carbons (Fsp3) is 0.417. The maximum atomic E-state index is 13.4. The highest BCUT2D eigenvalue weighted by molar-refractivity contribution is 7.12. The van der Waals surface area contributed by atoms with Crippen LogP contribution in [-0.4, -0.2) is 68.0 Å². The van der Waals surface area contributed by atoms with Crippen molar-refractivity contribution in [2.45, 2.75) is 64.0 Å². The van der Waals surface area contributed by atoms with E-state index in [1.807, 2.05) is 50.2 Å². The molecule has 1 saturated carbocycles. The Bertz CT molecular complexity index is 1890. The van der Waals surface area contributed by atoms with Crippen LogP contribution < -0.4 is 5.73 Å². The molecule has 3 fully saturated rings. The molecule has 45 heavy (non-hydrogen) atoms. The van der Waals surface area contributed by atoms with Crippen LogP contribution >= 0.6 is 11.3 Å². The van der Waals surface area contributed by atoms with Gasteiger partial charge in [-0.05, 0) is 92.5 Å². The molecular weight excluding hydrogens is 581 g/mol. The molecule has 2 amide bonds. The SMILES string of the molecule is Cc1c(-c2cc3cccc(C4CCN(C(=O)c5cccs5)CC4)c3n2CC2CC2)nn2cc(C(=O)N3CCC[C@@H](N)C3)ccc12. The summed E-state index contributed by atoms with van der Waals surface area (Å²) in [6, 6.07) is 16.9. The topological polar surface area (TPSA) is 88.9 Å². The molecule has 1 atom stereocenters. The van der Waals surface area contributed by atoms with Gasteiger partial charge in [0.1, 0.15) is 5.69 Å². The molecule has 2 aliphatic heterocycles. The standard InChI is InChI=1S/C36H40N6O2S/c1-23-30-12-11-27(35(43)40-15-3-6-28(37)22-40)21-42(30)38-33(23)31-19-26-5-2-7-29(34(26)41(31)20-24-9-10-24)25-13-16-39(17-14-25)36(44)32-8-4-18-45-32/h2,4-5,7-8,11-12,18-19,21,24-25,28H,3,6,9-10,13-17,20,22,37H2,1H3/t28-/m1/s1. The fourth-order valence-electron chi connectivity index (χ4n) is 7.50. The number of likely N-dealkylation sites (tertiary alicyclic amines) is 2. The molecule has 0 spiro atoms. The summed E-state index contributed by atoms with van der Waals surface area (Å²) in [5.74, 6) is 1.28. The number of aryl methyl sites for hydroxylation is 1. The smallest absolute Gasteiger partial charge is 0.263 e. The van der Waals surface area contributed by atoms with Crippen molar-refractivity contribution in [2.75, 3.05) is 26.2 Å². The summed E-state index contributed by atoms with van der Waals surface area (Å²) in [5.41, 5.74) is 13.8. The highest BCUT2D eigenvalue weighted by Crippen LogP contribution is 2.41. The Morgan fingerprint density at radius 3 is 2.56 bits per heavy atom. The van der Waals surface area contributed by atoms with Crippen molar-refractivity contribution in [1.29, 1.82) is 0 Å². The van der Waals surface area contributed by atoms with Crippen molar-refractivity contribution < 1.29 is 9.59 Å². The average Bonchev–Trinajstić information content (AvgIpc) is 3.42. The second-order valence-corrected chi connectivity index (χ2v) is 14.2. The number of hydrogen-bond acceptors (Lipinski definition) is 5. The molecule has 0 unspecified atom stereocenters. The fourth-order valence-corrected chi connectivity index (χ4v) is 8.19. The number of hydrogen-bond donors (Lipinski definition) is 1. The van der Waals surface area contributed by atoms with Crippen LogP contribution in [0.5, 0.6) is 0 Å². The predicted octanol–water partition coefficient (Wildman–Crippen LogP) is 6.32. The van der Waals surface area contributed by atoms with Gasteiger partial charge in [0.25, 0.3) is 11.8 Å². The molecule has 232 valence electrons. The van der Waals surface area contributed by atoms with Crippen LogP contribution in [-0.2, 0) is 6.54 Å². The lowest BCUT2D eigenvalue weighted by Gasteiger charge is -2.32. The summed E-state index contributed by atoms with van der Waals surface area (Å²) in [6.07, 6.45) is 8.26. The minimum absolute atomic E-state index is 0.0253. The first-order valence-corrected chi connectivity index (χ1v) is 17.3. The Hall–Kier alpha value is -3.95. The molecule has 2 saturated heterocycles. The molecule has 9 heteroatoms. The third kappa shape index (κ3) is 5.25. The minimum Gasteiger partial charge on any atom is -0.339 e. The zero-order valence-corrected chi connectivity index (χ0v) is 26.6. The molecule has 2 N–H and O–H groups in total. The monoisotopic (exact) mass is 620 g/mol. The number of carbonyl (C=O) groups excluding carboxylic acids is 2. The Balaban J connectivity index is 1.13. The molecule has 1 aromatic carbocycles. The zero-order chi connectivity index (χ0) is 30.7. The lowest BCUT2D eigenvalue weighted by Crippen LogP contribution is -2.45. The quantitative estimate of drug-likeness (QED) is 0.241. The Kier molecular flexibility index (Phi) is 7.25. The first-order valence-electron chi connectivity index (χ1n) is 16.4. The Morgan fingerprint density at radius 1 is 0.956 bits per heavy atom. The summed E-state index contributed by atoms with van der Waals surface area (Å²) in [6.45, 7) is 6.05. The molecule has 8 nitrogen and oxygen atoms in total. The summed E-state index contributed by atoms with van der Waals surface area (Å²) in [7, 11) is 0. The van der Waals surface area contributed by atoms with Gasteiger partial charge in [0, 0.05) is 55.9 Å². The second kappa shape index (κ2) is 11.4. The molecule has 3 aliphatic rings. The lowest BCUT2D eigenvalue weighted by molar-refractivity contribution is 0.0704. The van der Waals surface area contributed by atoms with Crippen LogP contribution in [0.2, 0.25) is 0 Å². The van der Waals surface area contributed by atoms with Gasteiger partial charge >= 0.3 is 0 Å². The Labute approximate surface area is 267 Å². The zero-order valence-electron chi connectivity index (χ0n) is 25.8. The van der Waals surface area contributed by atoms with Crippen LogP contribution in [0.3, 0.4) is 0 Å². The van der Waals surface area contributed by atoms with Crippen LogP contribution in [0.4, 0.5) is 0 Å². The average molecular weight is 621 g/mol. The molecular formula is C36H40N6O2S. The summed E-state index contributed by atoms with van der Waals surface area (Å²) >= 11 is 1.52. The van der Waals surface area contributed by atoms with E-state index in [0.29, 0.717) is 23.9 Å². The second-order valence-electron chi connectivity index (χ2n) is 13.3. The number of benzene rings is 1. The number of pyridine rings is 1. The van der Waals surface area contributed by atoms with Crippen LogP contribution in [0.1, 0.15) is 75.6 Å². The number of thiophene rings is 1. The van der Waals surface area contributed by atoms with Gasteiger partial charge in [-0.3, -0.25) is 9.59 Å². The number of carbonyl (C=O) groups is 2. The van der Waals surface area contributed by atoms with Gasteiger partial charge in [-0.2, -0.15) is 5.10 Å². The van der Waals surface area contributed by atoms with Crippen LogP contribution in [0.15, 0.2) is 60.1 Å². The number of piperidine rings is 2. The molecule has 5 aromatic rings. The lowest BCUT2D eigenvalue weighted by atomic mass is 9.88.